The molecule has 1 aromatic heterocycles. The number of carbonyl (C=O) groups excluding carboxylic acids is 1. The number of nitrogens with zero attached hydrogens (tertiary/aromatic N) is 1. The van der Waals surface area contributed by atoms with E-state index in [-0.39, 0.29) is 24.3 Å². The van der Waals surface area contributed by atoms with Gasteiger partial charge in [-0.2, -0.15) is 13.2 Å². The molecule has 0 aliphatic heterocycles. The van der Waals surface area contributed by atoms with Crippen molar-refractivity contribution in [3.8, 4) is 0 Å². The molecule has 21 heavy (non-hydrogen) atoms. The number of carbonyl (C=O) groups is 1. The molecular weight excluding hydrogens is 285 g/mol. The summed E-state index contributed by atoms with van der Waals surface area (Å²) in [4.78, 5) is 12.2. The molecule has 4 nitrogen and oxygen atoms in total. The van der Waals surface area contributed by atoms with E-state index in [1.165, 1.54) is 18.3 Å². The van der Waals surface area contributed by atoms with Crippen LogP contribution in [-0.4, -0.2) is 34.4 Å². The molecule has 1 heterocycles. The van der Waals surface area contributed by atoms with Crippen molar-refractivity contribution < 1.29 is 23.1 Å². The van der Waals surface area contributed by atoms with Gasteiger partial charge in [0.05, 0.1) is 0 Å². The minimum Gasteiger partial charge on any atom is -0.396 e. The molecule has 0 bridgehead atoms. The minimum absolute atomic E-state index is 0.00501. The van der Waals surface area contributed by atoms with Crippen molar-refractivity contribution in [1.82, 2.24) is 9.88 Å². The summed E-state index contributed by atoms with van der Waals surface area (Å²) in [6.07, 6.45) is 0.397. The maximum atomic E-state index is 12.5. The average Bonchev–Trinajstić information content (AvgIpc) is 2.85. The number of aliphatic hydroxyl groups is 1. The van der Waals surface area contributed by atoms with Crippen LogP contribution >= 0.6 is 0 Å². The molecule has 2 rings (SSSR count). The van der Waals surface area contributed by atoms with Crippen LogP contribution in [0.1, 0.15) is 36.2 Å². The third-order valence-electron chi connectivity index (χ3n) is 3.87. The van der Waals surface area contributed by atoms with Crippen molar-refractivity contribution in [3.05, 3.63) is 24.0 Å². The lowest BCUT2D eigenvalue weighted by atomic mass is 9.85. The SMILES string of the molecule is O=C(NC1CCCCC1CO)c1cccn1CC(F)(F)F. The number of aromatic nitrogens is 1. The molecule has 1 fully saturated rings. The zero-order valence-electron chi connectivity index (χ0n) is 11.6. The summed E-state index contributed by atoms with van der Waals surface area (Å²) in [5.74, 6) is -0.539. The lowest BCUT2D eigenvalue weighted by Crippen LogP contribution is -2.44. The van der Waals surface area contributed by atoms with Gasteiger partial charge in [-0.1, -0.05) is 12.8 Å². The Kier molecular flexibility index (Phi) is 4.92. The number of rotatable bonds is 4. The highest BCUT2D eigenvalue weighted by Gasteiger charge is 2.31. The molecule has 1 saturated carbocycles. The summed E-state index contributed by atoms with van der Waals surface area (Å²) in [6.45, 7) is -1.20. The van der Waals surface area contributed by atoms with Crippen LogP contribution in [-0.2, 0) is 6.54 Å². The zero-order valence-corrected chi connectivity index (χ0v) is 11.6. The van der Waals surface area contributed by atoms with E-state index in [2.05, 4.69) is 5.32 Å². The Labute approximate surface area is 120 Å². The van der Waals surface area contributed by atoms with Crippen LogP contribution in [0, 0.1) is 5.92 Å². The largest absolute Gasteiger partial charge is 0.406 e. The second-order valence-corrected chi connectivity index (χ2v) is 5.44. The predicted molar refractivity (Wildman–Crippen MR) is 70.8 cm³/mol. The first-order chi connectivity index (χ1) is 9.90. The monoisotopic (exact) mass is 304 g/mol. The molecule has 0 spiro atoms. The van der Waals surface area contributed by atoms with Crippen molar-refractivity contribution in [2.24, 2.45) is 5.92 Å². The molecule has 1 aliphatic carbocycles. The van der Waals surface area contributed by atoms with Gasteiger partial charge in [0.2, 0.25) is 0 Å². The first-order valence-corrected chi connectivity index (χ1v) is 7.04. The Morgan fingerprint density at radius 3 is 2.76 bits per heavy atom. The molecule has 118 valence electrons. The minimum atomic E-state index is -4.37. The quantitative estimate of drug-likeness (QED) is 0.897. The van der Waals surface area contributed by atoms with E-state index < -0.39 is 18.6 Å². The highest BCUT2D eigenvalue weighted by molar-refractivity contribution is 5.93. The van der Waals surface area contributed by atoms with Gasteiger partial charge in [-0.3, -0.25) is 4.79 Å². The molecule has 2 N–H and O–H groups in total. The van der Waals surface area contributed by atoms with Gasteiger partial charge in [0.15, 0.2) is 0 Å². The van der Waals surface area contributed by atoms with Gasteiger partial charge < -0.3 is 15.0 Å². The number of amides is 1. The summed E-state index contributed by atoms with van der Waals surface area (Å²) in [5, 5.41) is 12.1. The molecule has 1 aliphatic rings. The topological polar surface area (TPSA) is 54.3 Å². The summed E-state index contributed by atoms with van der Waals surface area (Å²) in [7, 11) is 0. The normalized spacial score (nSPS) is 23.0. The summed E-state index contributed by atoms with van der Waals surface area (Å²) in [5.41, 5.74) is -0.00501. The number of hydrogen-bond donors (Lipinski definition) is 2. The van der Waals surface area contributed by atoms with E-state index in [9.17, 15) is 23.1 Å². The van der Waals surface area contributed by atoms with Gasteiger partial charge in [0, 0.05) is 24.8 Å². The molecular formula is C14H19F3N2O2. The van der Waals surface area contributed by atoms with Crippen molar-refractivity contribution >= 4 is 5.91 Å². The van der Waals surface area contributed by atoms with Crippen LogP contribution in [0.3, 0.4) is 0 Å². The van der Waals surface area contributed by atoms with Gasteiger partial charge in [-0.25, -0.2) is 0 Å². The van der Waals surface area contributed by atoms with E-state index in [1.807, 2.05) is 0 Å². The maximum absolute atomic E-state index is 12.5. The standard InChI is InChI=1S/C14H19F3N2O2/c15-14(16,17)9-19-7-3-6-12(19)13(21)18-11-5-2-1-4-10(11)8-20/h3,6-7,10-11,20H,1-2,4-5,8-9H2,(H,18,21). The van der Waals surface area contributed by atoms with Crippen molar-refractivity contribution in [1.29, 1.82) is 0 Å². The number of halogens is 3. The van der Waals surface area contributed by atoms with Crippen LogP contribution in [0.2, 0.25) is 0 Å². The number of aliphatic hydroxyl groups excluding tert-OH is 1. The Hall–Kier alpha value is -1.50. The maximum Gasteiger partial charge on any atom is 0.406 e. The van der Waals surface area contributed by atoms with E-state index in [0.717, 1.165) is 30.3 Å². The number of alkyl halides is 3. The van der Waals surface area contributed by atoms with Crippen LogP contribution in [0.4, 0.5) is 13.2 Å². The van der Waals surface area contributed by atoms with E-state index in [4.69, 9.17) is 0 Å². The molecule has 1 amide bonds. The summed E-state index contributed by atoms with van der Waals surface area (Å²) < 4.78 is 38.3. The third-order valence-corrected chi connectivity index (χ3v) is 3.87. The van der Waals surface area contributed by atoms with Crippen LogP contribution in [0.5, 0.6) is 0 Å². The van der Waals surface area contributed by atoms with Crippen molar-refractivity contribution in [3.63, 3.8) is 0 Å². The fourth-order valence-corrected chi connectivity index (χ4v) is 2.81. The lowest BCUT2D eigenvalue weighted by Gasteiger charge is -2.31. The van der Waals surface area contributed by atoms with Crippen molar-refractivity contribution in [2.45, 2.75) is 44.4 Å². The zero-order chi connectivity index (χ0) is 15.5. The van der Waals surface area contributed by atoms with E-state index in [1.54, 1.807) is 0 Å². The van der Waals surface area contributed by atoms with Gasteiger partial charge >= 0.3 is 6.18 Å². The Bertz CT molecular complexity index is 485. The van der Waals surface area contributed by atoms with Gasteiger partial charge in [0.1, 0.15) is 12.2 Å². The summed E-state index contributed by atoms with van der Waals surface area (Å²) >= 11 is 0. The molecule has 1 aromatic rings. The molecule has 2 atom stereocenters. The van der Waals surface area contributed by atoms with Crippen molar-refractivity contribution in [2.75, 3.05) is 6.61 Å². The Morgan fingerprint density at radius 2 is 2.10 bits per heavy atom. The second kappa shape index (κ2) is 6.51. The lowest BCUT2D eigenvalue weighted by molar-refractivity contribution is -0.140. The molecule has 2 unspecified atom stereocenters. The molecule has 0 radical (unpaired) electrons. The Balaban J connectivity index is 2.05. The smallest absolute Gasteiger partial charge is 0.396 e. The van der Waals surface area contributed by atoms with Gasteiger partial charge in [-0.05, 0) is 25.0 Å². The highest BCUT2D eigenvalue weighted by Crippen LogP contribution is 2.24. The fourth-order valence-electron chi connectivity index (χ4n) is 2.81. The third kappa shape index (κ3) is 4.23. The second-order valence-electron chi connectivity index (χ2n) is 5.44. The first-order valence-electron chi connectivity index (χ1n) is 7.04. The van der Waals surface area contributed by atoms with E-state index >= 15 is 0 Å². The van der Waals surface area contributed by atoms with Gasteiger partial charge in [0.25, 0.3) is 5.91 Å². The molecule has 7 heteroatoms. The van der Waals surface area contributed by atoms with Crippen LogP contribution in [0.15, 0.2) is 18.3 Å². The Morgan fingerprint density at radius 1 is 1.38 bits per heavy atom. The molecule has 0 aromatic carbocycles. The number of nitrogens with one attached hydrogen (secondary N) is 1. The predicted octanol–water partition coefficient (Wildman–Crippen LogP) is 2.33. The average molecular weight is 304 g/mol. The van der Waals surface area contributed by atoms with Gasteiger partial charge in [-0.15, -0.1) is 0 Å². The highest BCUT2D eigenvalue weighted by atomic mass is 19.4. The fraction of sp³-hybridized carbons (Fsp3) is 0.643. The van der Waals surface area contributed by atoms with Crippen LogP contribution in [0.25, 0.3) is 0 Å². The summed E-state index contributed by atoms with van der Waals surface area (Å²) in [6, 6.07) is 2.62. The molecule has 0 saturated heterocycles. The number of hydrogen-bond acceptors (Lipinski definition) is 2. The van der Waals surface area contributed by atoms with E-state index in [0.29, 0.717) is 0 Å². The van der Waals surface area contributed by atoms with Crippen LogP contribution < -0.4 is 5.32 Å². The first kappa shape index (κ1) is 15.9.